The minimum absolute atomic E-state index is 0.0163. The lowest BCUT2D eigenvalue weighted by Crippen LogP contribution is -2.41. The van der Waals surface area contributed by atoms with E-state index < -0.39 is 23.9 Å². The topological polar surface area (TPSA) is 86.7 Å². The highest BCUT2D eigenvalue weighted by Gasteiger charge is 2.29. The number of aliphatic hydroxyl groups is 1. The molecule has 2 atom stereocenters. The molecule has 0 aliphatic carbocycles. The molecule has 3 N–H and O–H groups in total. The van der Waals surface area contributed by atoms with E-state index in [-0.39, 0.29) is 36.6 Å². The molecule has 4 rings (SSSR count). The zero-order chi connectivity index (χ0) is 25.5. The molecular formula is C27H28F2N4O3. The Morgan fingerprint density at radius 3 is 2.67 bits per heavy atom. The molecule has 188 valence electrons. The fourth-order valence-electron chi connectivity index (χ4n) is 4.14. The second-order valence-electron chi connectivity index (χ2n) is 8.47. The maximum absolute atomic E-state index is 15.1. The van der Waals surface area contributed by atoms with Crippen molar-refractivity contribution < 1.29 is 23.4 Å². The van der Waals surface area contributed by atoms with Crippen LogP contribution in [0.25, 0.3) is 5.70 Å². The molecule has 7 nitrogen and oxygen atoms in total. The molecule has 0 fully saturated rings. The SMILES string of the molecule is COC[C@H](O)CN(CCc1ccccn1)C(=O)c1cccc(F)c1C1C=C(c2ccc(F)cc2)NN1. The van der Waals surface area contributed by atoms with Gasteiger partial charge in [0, 0.05) is 49.6 Å². The van der Waals surface area contributed by atoms with Crippen molar-refractivity contribution in [2.45, 2.75) is 18.6 Å². The molecule has 1 aliphatic heterocycles. The van der Waals surface area contributed by atoms with E-state index in [1.807, 2.05) is 18.2 Å². The number of aromatic nitrogens is 1. The first-order chi connectivity index (χ1) is 17.5. The zero-order valence-electron chi connectivity index (χ0n) is 19.8. The number of hydrogen-bond donors (Lipinski definition) is 3. The number of aliphatic hydroxyl groups excluding tert-OH is 1. The van der Waals surface area contributed by atoms with Gasteiger partial charge in [-0.25, -0.2) is 14.2 Å². The first kappa shape index (κ1) is 25.4. The predicted octanol–water partition coefficient (Wildman–Crippen LogP) is 3.24. The van der Waals surface area contributed by atoms with E-state index in [1.165, 1.54) is 36.3 Å². The number of nitrogens with one attached hydrogen (secondary N) is 2. The first-order valence-electron chi connectivity index (χ1n) is 11.6. The standard InChI is InChI=1S/C27H28F2N4O3/c1-36-17-21(34)16-33(14-12-20-5-2-3-13-30-20)27(35)22-6-4-7-23(29)26(22)25-15-24(31-32-25)18-8-10-19(28)11-9-18/h2-11,13,15,21,25,31-32,34H,12,14,16-17H2,1H3/t21-,25?/m1/s1. The van der Waals surface area contributed by atoms with E-state index in [2.05, 4.69) is 15.8 Å². The van der Waals surface area contributed by atoms with E-state index in [0.717, 1.165) is 11.3 Å². The average molecular weight is 495 g/mol. The minimum Gasteiger partial charge on any atom is -0.389 e. The summed E-state index contributed by atoms with van der Waals surface area (Å²) in [6, 6.07) is 15.2. The highest BCUT2D eigenvalue weighted by molar-refractivity contribution is 5.96. The molecular weight excluding hydrogens is 466 g/mol. The van der Waals surface area contributed by atoms with Gasteiger partial charge in [-0.3, -0.25) is 9.78 Å². The lowest BCUT2D eigenvalue weighted by atomic mass is 9.97. The number of halogens is 2. The van der Waals surface area contributed by atoms with Crippen LogP contribution in [0.1, 0.15) is 33.2 Å². The molecule has 36 heavy (non-hydrogen) atoms. The molecule has 9 heteroatoms. The van der Waals surface area contributed by atoms with Crippen molar-refractivity contribution in [2.24, 2.45) is 0 Å². The molecule has 0 spiro atoms. The van der Waals surface area contributed by atoms with Crippen LogP contribution < -0.4 is 10.9 Å². The van der Waals surface area contributed by atoms with Crippen LogP contribution in [0.3, 0.4) is 0 Å². The van der Waals surface area contributed by atoms with Gasteiger partial charge in [0.05, 0.1) is 24.4 Å². The van der Waals surface area contributed by atoms with Crippen LogP contribution in [-0.4, -0.2) is 53.8 Å². The van der Waals surface area contributed by atoms with Gasteiger partial charge in [-0.05, 0) is 60.2 Å². The molecule has 0 bridgehead atoms. The van der Waals surface area contributed by atoms with Gasteiger partial charge < -0.3 is 20.2 Å². The van der Waals surface area contributed by atoms with Crippen LogP contribution in [0.4, 0.5) is 8.78 Å². The van der Waals surface area contributed by atoms with Crippen molar-refractivity contribution in [2.75, 3.05) is 26.8 Å². The van der Waals surface area contributed by atoms with Crippen molar-refractivity contribution >= 4 is 11.6 Å². The van der Waals surface area contributed by atoms with Crippen LogP contribution >= 0.6 is 0 Å². The van der Waals surface area contributed by atoms with E-state index in [4.69, 9.17) is 4.74 Å². The number of rotatable bonds is 10. The Morgan fingerprint density at radius 1 is 1.14 bits per heavy atom. The van der Waals surface area contributed by atoms with Crippen molar-refractivity contribution in [3.63, 3.8) is 0 Å². The summed E-state index contributed by atoms with van der Waals surface area (Å²) in [5.41, 5.74) is 8.51. The second-order valence-corrected chi connectivity index (χ2v) is 8.47. The lowest BCUT2D eigenvalue weighted by Gasteiger charge is -2.27. The molecule has 2 aromatic carbocycles. The molecule has 1 amide bonds. The molecule has 1 aliphatic rings. The summed E-state index contributed by atoms with van der Waals surface area (Å²) < 4.78 is 33.5. The summed E-state index contributed by atoms with van der Waals surface area (Å²) in [5.74, 6) is -1.31. The zero-order valence-corrected chi connectivity index (χ0v) is 19.8. The van der Waals surface area contributed by atoms with E-state index in [9.17, 15) is 14.3 Å². The Morgan fingerprint density at radius 2 is 1.94 bits per heavy atom. The monoisotopic (exact) mass is 494 g/mol. The summed E-state index contributed by atoms with van der Waals surface area (Å²) in [5, 5.41) is 10.4. The molecule has 0 radical (unpaired) electrons. The fraction of sp³-hybridized carbons (Fsp3) is 0.259. The van der Waals surface area contributed by atoms with E-state index >= 15 is 4.39 Å². The highest BCUT2D eigenvalue weighted by Crippen LogP contribution is 2.29. The van der Waals surface area contributed by atoms with Crippen LogP contribution in [0.15, 0.2) is 72.9 Å². The van der Waals surface area contributed by atoms with Gasteiger partial charge in [-0.1, -0.05) is 12.1 Å². The van der Waals surface area contributed by atoms with E-state index in [1.54, 1.807) is 30.5 Å². The number of amides is 1. The Labute approximate surface area is 208 Å². The Balaban J connectivity index is 1.61. The van der Waals surface area contributed by atoms with Crippen LogP contribution in [-0.2, 0) is 11.2 Å². The highest BCUT2D eigenvalue weighted by atomic mass is 19.1. The number of carbonyl (C=O) groups is 1. The van der Waals surface area contributed by atoms with Crippen LogP contribution in [0.2, 0.25) is 0 Å². The number of methoxy groups -OCH3 is 1. The molecule has 3 aromatic rings. The Kier molecular flexibility index (Phi) is 8.37. The number of hydrogen-bond acceptors (Lipinski definition) is 6. The molecule has 0 saturated heterocycles. The van der Waals surface area contributed by atoms with Gasteiger partial charge in [-0.2, -0.15) is 0 Å². The predicted molar refractivity (Wildman–Crippen MR) is 132 cm³/mol. The smallest absolute Gasteiger partial charge is 0.254 e. The average Bonchev–Trinajstić information content (AvgIpc) is 3.37. The third-order valence-electron chi connectivity index (χ3n) is 5.89. The maximum Gasteiger partial charge on any atom is 0.254 e. The van der Waals surface area contributed by atoms with Crippen LogP contribution in [0.5, 0.6) is 0 Å². The number of nitrogens with zero attached hydrogens (tertiary/aromatic N) is 2. The third-order valence-corrected chi connectivity index (χ3v) is 5.89. The van der Waals surface area contributed by atoms with Gasteiger partial charge in [0.15, 0.2) is 0 Å². The van der Waals surface area contributed by atoms with Gasteiger partial charge in [0.2, 0.25) is 0 Å². The van der Waals surface area contributed by atoms with Crippen molar-refractivity contribution in [3.05, 3.63) is 107 Å². The third kappa shape index (κ3) is 6.12. The summed E-state index contributed by atoms with van der Waals surface area (Å²) in [7, 11) is 1.47. The molecule has 2 heterocycles. The van der Waals surface area contributed by atoms with Gasteiger partial charge >= 0.3 is 0 Å². The molecule has 0 saturated carbocycles. The fourth-order valence-corrected chi connectivity index (χ4v) is 4.14. The Hall–Kier alpha value is -3.66. The largest absolute Gasteiger partial charge is 0.389 e. The molecule has 1 aromatic heterocycles. The van der Waals surface area contributed by atoms with Crippen molar-refractivity contribution in [1.82, 2.24) is 20.7 Å². The second kappa shape index (κ2) is 11.9. The summed E-state index contributed by atoms with van der Waals surface area (Å²) in [4.78, 5) is 19.5. The van der Waals surface area contributed by atoms with Crippen LogP contribution in [0, 0.1) is 11.6 Å². The Bertz CT molecular complexity index is 1210. The number of carbonyl (C=O) groups excluding carboxylic acids is 1. The summed E-state index contributed by atoms with van der Waals surface area (Å²) in [6.45, 7) is 0.351. The normalized spacial score (nSPS) is 15.8. The van der Waals surface area contributed by atoms with Crippen molar-refractivity contribution in [3.8, 4) is 0 Å². The molecule has 1 unspecified atom stereocenters. The van der Waals surface area contributed by atoms with Gasteiger partial charge in [-0.15, -0.1) is 0 Å². The van der Waals surface area contributed by atoms with Crippen molar-refractivity contribution in [1.29, 1.82) is 0 Å². The number of benzene rings is 2. The number of pyridine rings is 1. The lowest BCUT2D eigenvalue weighted by molar-refractivity contribution is 0.0330. The van der Waals surface area contributed by atoms with Gasteiger partial charge in [0.25, 0.3) is 5.91 Å². The number of ether oxygens (including phenoxy) is 1. The summed E-state index contributed by atoms with van der Waals surface area (Å²) in [6.07, 6.45) is 2.99. The quantitative estimate of drug-likeness (QED) is 0.401. The minimum atomic E-state index is -0.907. The maximum atomic E-state index is 15.1. The number of hydrazine groups is 1. The van der Waals surface area contributed by atoms with E-state index in [0.29, 0.717) is 12.1 Å². The summed E-state index contributed by atoms with van der Waals surface area (Å²) >= 11 is 0. The van der Waals surface area contributed by atoms with Gasteiger partial charge in [0.1, 0.15) is 11.6 Å². The first-order valence-corrected chi connectivity index (χ1v) is 11.6.